The van der Waals surface area contributed by atoms with Crippen LogP contribution in [0.4, 0.5) is 5.69 Å². The Morgan fingerprint density at radius 3 is 2.67 bits per heavy atom. The first kappa shape index (κ1) is 12.7. The molecule has 18 heavy (non-hydrogen) atoms. The molecule has 0 spiro atoms. The molecule has 0 saturated heterocycles. The van der Waals surface area contributed by atoms with Gasteiger partial charge in [-0.2, -0.15) is 5.26 Å². The lowest BCUT2D eigenvalue weighted by Gasteiger charge is -2.09. The van der Waals surface area contributed by atoms with Gasteiger partial charge in [0.05, 0.1) is 11.6 Å². The van der Waals surface area contributed by atoms with Crippen molar-refractivity contribution in [2.45, 2.75) is 13.5 Å². The average molecular weight is 301 g/mol. The summed E-state index contributed by atoms with van der Waals surface area (Å²) in [7, 11) is 0. The van der Waals surface area contributed by atoms with Crippen LogP contribution in [0.5, 0.6) is 0 Å². The number of nitriles is 1. The van der Waals surface area contributed by atoms with E-state index in [0.717, 1.165) is 27.8 Å². The third-order valence-electron chi connectivity index (χ3n) is 2.79. The first-order chi connectivity index (χ1) is 8.70. The molecule has 0 saturated carbocycles. The molecule has 0 fully saturated rings. The fourth-order valence-electron chi connectivity index (χ4n) is 1.74. The smallest absolute Gasteiger partial charge is 0.0994 e. The largest absolute Gasteiger partial charge is 0.381 e. The Labute approximate surface area is 115 Å². The summed E-state index contributed by atoms with van der Waals surface area (Å²) in [6, 6.07) is 16.1. The molecule has 3 heteroatoms. The van der Waals surface area contributed by atoms with Crippen LogP contribution >= 0.6 is 15.9 Å². The molecule has 2 rings (SSSR count). The number of rotatable bonds is 3. The number of nitrogens with one attached hydrogen (secondary N) is 1. The molecule has 1 N–H and O–H groups in total. The molecule has 0 bridgehead atoms. The Morgan fingerprint density at radius 2 is 2.00 bits per heavy atom. The molecule has 90 valence electrons. The lowest BCUT2D eigenvalue weighted by molar-refractivity contribution is 1.13. The van der Waals surface area contributed by atoms with E-state index in [-0.39, 0.29) is 0 Å². The number of nitrogens with zero attached hydrogens (tertiary/aromatic N) is 1. The van der Waals surface area contributed by atoms with Crippen LogP contribution in [-0.4, -0.2) is 0 Å². The molecule has 0 radical (unpaired) electrons. The maximum absolute atomic E-state index is 8.88. The molecule has 2 aromatic carbocycles. The number of hydrogen-bond donors (Lipinski definition) is 1. The molecule has 2 nitrogen and oxygen atoms in total. The van der Waals surface area contributed by atoms with Crippen molar-refractivity contribution in [3.63, 3.8) is 0 Å². The van der Waals surface area contributed by atoms with E-state index in [0.29, 0.717) is 0 Å². The fraction of sp³-hybridized carbons (Fsp3) is 0.133. The molecular formula is C15H13BrN2. The maximum atomic E-state index is 8.88. The summed E-state index contributed by atoms with van der Waals surface area (Å²) < 4.78 is 1.10. The Hall–Kier alpha value is -1.79. The first-order valence-electron chi connectivity index (χ1n) is 5.69. The van der Waals surface area contributed by atoms with E-state index < -0.39 is 0 Å². The summed E-state index contributed by atoms with van der Waals surface area (Å²) in [5.74, 6) is 0. The fourth-order valence-corrected chi connectivity index (χ4v) is 2.16. The Morgan fingerprint density at radius 1 is 1.22 bits per heavy atom. The Bertz CT molecular complexity index is 600. The SMILES string of the molecule is Cc1cc(NCc2ccccc2Br)ccc1C#N. The van der Waals surface area contributed by atoms with Gasteiger partial charge >= 0.3 is 0 Å². The molecule has 2 aromatic rings. The standard InChI is InChI=1S/C15H13BrN2/c1-11-8-14(7-6-12(11)9-17)18-10-13-4-2-3-5-15(13)16/h2-8,18H,10H2,1H3. The van der Waals surface area contributed by atoms with Crippen LogP contribution in [0.2, 0.25) is 0 Å². The van der Waals surface area contributed by atoms with Crippen LogP contribution in [-0.2, 0) is 6.54 Å². The Kier molecular flexibility index (Phi) is 4.01. The summed E-state index contributed by atoms with van der Waals surface area (Å²) in [6.07, 6.45) is 0. The highest BCUT2D eigenvalue weighted by atomic mass is 79.9. The predicted octanol–water partition coefficient (Wildman–Crippen LogP) is 4.24. The van der Waals surface area contributed by atoms with E-state index >= 15 is 0 Å². The minimum atomic E-state index is 0.724. The van der Waals surface area contributed by atoms with Gasteiger partial charge in [-0.05, 0) is 42.3 Å². The first-order valence-corrected chi connectivity index (χ1v) is 6.48. The minimum absolute atomic E-state index is 0.724. The lowest BCUT2D eigenvalue weighted by Crippen LogP contribution is -2.00. The van der Waals surface area contributed by atoms with E-state index in [2.05, 4.69) is 33.4 Å². The topological polar surface area (TPSA) is 35.8 Å². The summed E-state index contributed by atoms with van der Waals surface area (Å²) in [5, 5.41) is 12.2. The van der Waals surface area contributed by atoms with Crippen molar-refractivity contribution in [3.8, 4) is 6.07 Å². The molecule has 0 amide bonds. The van der Waals surface area contributed by atoms with Gasteiger partial charge < -0.3 is 5.32 Å². The normalized spacial score (nSPS) is 9.83. The molecule has 0 unspecified atom stereocenters. The number of hydrogen-bond acceptors (Lipinski definition) is 2. The molecule has 0 aliphatic rings. The average Bonchev–Trinajstić information content (AvgIpc) is 2.38. The zero-order valence-electron chi connectivity index (χ0n) is 10.1. The van der Waals surface area contributed by atoms with E-state index in [1.165, 1.54) is 5.56 Å². The quantitative estimate of drug-likeness (QED) is 0.920. The second-order valence-corrected chi connectivity index (χ2v) is 4.94. The van der Waals surface area contributed by atoms with Gasteiger partial charge in [-0.25, -0.2) is 0 Å². The van der Waals surface area contributed by atoms with Gasteiger partial charge in [-0.15, -0.1) is 0 Å². The molecule has 0 aliphatic heterocycles. The van der Waals surface area contributed by atoms with E-state index in [1.54, 1.807) is 0 Å². The number of benzene rings is 2. The van der Waals surface area contributed by atoms with E-state index in [4.69, 9.17) is 5.26 Å². The third-order valence-corrected chi connectivity index (χ3v) is 3.56. The summed E-state index contributed by atoms with van der Waals surface area (Å²) >= 11 is 3.52. The highest BCUT2D eigenvalue weighted by Crippen LogP contribution is 2.19. The second kappa shape index (κ2) is 5.70. The maximum Gasteiger partial charge on any atom is 0.0994 e. The Balaban J connectivity index is 2.10. The highest BCUT2D eigenvalue weighted by molar-refractivity contribution is 9.10. The summed E-state index contributed by atoms with van der Waals surface area (Å²) in [4.78, 5) is 0. The van der Waals surface area contributed by atoms with Crippen LogP contribution in [0.3, 0.4) is 0 Å². The van der Waals surface area contributed by atoms with E-state index in [1.807, 2.05) is 43.3 Å². The van der Waals surface area contributed by atoms with Crippen LogP contribution < -0.4 is 5.32 Å². The van der Waals surface area contributed by atoms with Gasteiger partial charge in [0.15, 0.2) is 0 Å². The number of halogens is 1. The van der Waals surface area contributed by atoms with Crippen LogP contribution in [0.25, 0.3) is 0 Å². The molecule has 0 aliphatic carbocycles. The van der Waals surface area contributed by atoms with Crippen molar-refractivity contribution in [1.29, 1.82) is 5.26 Å². The minimum Gasteiger partial charge on any atom is -0.381 e. The number of anilines is 1. The van der Waals surface area contributed by atoms with Crippen molar-refractivity contribution in [3.05, 3.63) is 63.6 Å². The van der Waals surface area contributed by atoms with Crippen LogP contribution in [0, 0.1) is 18.3 Å². The third kappa shape index (κ3) is 2.91. The van der Waals surface area contributed by atoms with Crippen LogP contribution in [0.15, 0.2) is 46.9 Å². The number of aryl methyl sites for hydroxylation is 1. The van der Waals surface area contributed by atoms with Crippen molar-refractivity contribution in [2.75, 3.05) is 5.32 Å². The molecule has 0 heterocycles. The van der Waals surface area contributed by atoms with Crippen molar-refractivity contribution in [2.24, 2.45) is 0 Å². The van der Waals surface area contributed by atoms with Gasteiger partial charge in [-0.1, -0.05) is 34.1 Å². The summed E-state index contributed by atoms with van der Waals surface area (Å²) in [5.41, 5.74) is 3.96. The summed E-state index contributed by atoms with van der Waals surface area (Å²) in [6.45, 7) is 2.70. The molecule has 0 aromatic heterocycles. The van der Waals surface area contributed by atoms with Gasteiger partial charge in [0.1, 0.15) is 0 Å². The predicted molar refractivity (Wildman–Crippen MR) is 77.4 cm³/mol. The van der Waals surface area contributed by atoms with Crippen molar-refractivity contribution in [1.82, 2.24) is 0 Å². The van der Waals surface area contributed by atoms with Gasteiger partial charge in [0.25, 0.3) is 0 Å². The van der Waals surface area contributed by atoms with Gasteiger partial charge in [0, 0.05) is 16.7 Å². The zero-order valence-corrected chi connectivity index (χ0v) is 11.7. The molecular weight excluding hydrogens is 288 g/mol. The highest BCUT2D eigenvalue weighted by Gasteiger charge is 2.01. The van der Waals surface area contributed by atoms with Crippen LogP contribution in [0.1, 0.15) is 16.7 Å². The van der Waals surface area contributed by atoms with E-state index in [9.17, 15) is 0 Å². The van der Waals surface area contributed by atoms with Gasteiger partial charge in [0.2, 0.25) is 0 Å². The molecule has 0 atom stereocenters. The lowest BCUT2D eigenvalue weighted by atomic mass is 10.1. The zero-order chi connectivity index (χ0) is 13.0. The van der Waals surface area contributed by atoms with Crippen molar-refractivity contribution < 1.29 is 0 Å². The van der Waals surface area contributed by atoms with Gasteiger partial charge in [-0.3, -0.25) is 0 Å². The van der Waals surface area contributed by atoms with Crippen molar-refractivity contribution >= 4 is 21.6 Å². The monoisotopic (exact) mass is 300 g/mol. The second-order valence-electron chi connectivity index (χ2n) is 4.09.